The molecule has 0 heterocycles. The molecule has 0 radical (unpaired) electrons. The predicted octanol–water partition coefficient (Wildman–Crippen LogP) is 2.03. The van der Waals surface area contributed by atoms with Gasteiger partial charge in [0.15, 0.2) is 0 Å². The molecular weight excluding hydrogens is 223 g/mol. The third-order valence-corrected chi connectivity index (χ3v) is 0. The van der Waals surface area contributed by atoms with Crippen LogP contribution in [0.4, 0.5) is 0 Å². The van der Waals surface area contributed by atoms with Gasteiger partial charge in [0.1, 0.15) is 0 Å². The summed E-state index contributed by atoms with van der Waals surface area (Å²) in [6.07, 6.45) is 0. The van der Waals surface area contributed by atoms with Crippen LogP contribution >= 0.6 is 45.1 Å². The standard InChI is InChI=1S/H3IS3/c2-1(3)4/h2-4H. The molecule has 0 aromatic carbocycles. The van der Waals surface area contributed by atoms with Crippen molar-refractivity contribution < 1.29 is 0 Å². The fraction of sp³-hybridized carbons (Fsp3) is 0. The van der Waals surface area contributed by atoms with Crippen LogP contribution in [-0.4, -0.2) is 0 Å². The maximum atomic E-state index is 3.85. The van der Waals surface area contributed by atoms with E-state index in [-0.39, 0.29) is 0 Å². The van der Waals surface area contributed by atoms with Crippen molar-refractivity contribution >= 4 is 45.1 Å². The van der Waals surface area contributed by atoms with Gasteiger partial charge in [-0.05, 0) is 0 Å². The summed E-state index contributed by atoms with van der Waals surface area (Å²) in [5.41, 5.74) is 0. The Balaban J connectivity index is 2.32. The second-order valence-corrected chi connectivity index (χ2v) is 13.7. The van der Waals surface area contributed by atoms with Crippen LogP contribution in [0, 0.1) is 0 Å². The summed E-state index contributed by atoms with van der Waals surface area (Å²) in [7, 11) is 11.6. The summed E-state index contributed by atoms with van der Waals surface area (Å²) in [5, 5.41) is 0. The molecule has 0 amide bonds. The summed E-state index contributed by atoms with van der Waals surface area (Å²) in [6, 6.07) is 0. The van der Waals surface area contributed by atoms with Crippen molar-refractivity contribution in [2.24, 2.45) is 0 Å². The van der Waals surface area contributed by atoms with E-state index in [0.717, 1.165) is 0 Å². The van der Waals surface area contributed by atoms with E-state index in [1.165, 1.54) is 0 Å². The zero-order valence-corrected chi connectivity index (χ0v) is 6.56. The van der Waals surface area contributed by atoms with Gasteiger partial charge in [0.25, 0.3) is 0 Å². The number of rotatable bonds is 0. The summed E-state index contributed by atoms with van der Waals surface area (Å²) in [4.78, 5) is 0. The molecule has 0 aliphatic heterocycles. The molecule has 0 atom stereocenters. The van der Waals surface area contributed by atoms with Gasteiger partial charge < -0.3 is 0 Å². The summed E-state index contributed by atoms with van der Waals surface area (Å²) < 4.78 is 0. The van der Waals surface area contributed by atoms with Gasteiger partial charge >= 0.3 is 45.1 Å². The van der Waals surface area contributed by atoms with Crippen molar-refractivity contribution in [3.05, 3.63) is 0 Å². The molecule has 0 bridgehead atoms. The topological polar surface area (TPSA) is 0 Å². The molecule has 0 spiro atoms. The van der Waals surface area contributed by atoms with Gasteiger partial charge in [0.2, 0.25) is 0 Å². The van der Waals surface area contributed by atoms with Crippen molar-refractivity contribution in [2.45, 2.75) is 0 Å². The summed E-state index contributed by atoms with van der Waals surface area (Å²) >= 11 is -1.18. The van der Waals surface area contributed by atoms with Crippen LogP contribution < -0.4 is 0 Å². The van der Waals surface area contributed by atoms with Crippen LogP contribution in [0.1, 0.15) is 0 Å². The Kier molecular flexibility index (Phi) is 4.32. The molecule has 0 saturated carbocycles. The number of hydrogen-bond donors (Lipinski definition) is 3. The molecule has 0 unspecified atom stereocenters. The zero-order chi connectivity index (χ0) is 3.58. The molecule has 0 N–H and O–H groups in total. The van der Waals surface area contributed by atoms with Gasteiger partial charge in [-0.25, -0.2) is 0 Å². The molecule has 0 saturated heterocycles. The van der Waals surface area contributed by atoms with Crippen LogP contribution in [-0.2, 0) is 0 Å². The molecule has 28 valence electrons. The van der Waals surface area contributed by atoms with E-state index in [9.17, 15) is 0 Å². The number of halogens is 1. The zero-order valence-electron chi connectivity index (χ0n) is 1.72. The first kappa shape index (κ1) is 5.78. The maximum absolute atomic E-state index is 3.85. The number of thiol groups is 3. The van der Waals surface area contributed by atoms with Crippen LogP contribution in [0.15, 0.2) is 0 Å². The fourth-order valence-electron chi connectivity index (χ4n) is 0. The molecule has 0 nitrogen and oxygen atoms in total. The third-order valence-electron chi connectivity index (χ3n) is 0. The Labute approximate surface area is 44.7 Å². The average molecular weight is 226 g/mol. The SMILES string of the molecule is SI(S)S. The third kappa shape index (κ3) is 9.22. The second kappa shape index (κ2) is 2.99. The van der Waals surface area contributed by atoms with E-state index in [4.69, 9.17) is 0 Å². The van der Waals surface area contributed by atoms with E-state index in [1.807, 2.05) is 0 Å². The molecule has 4 heteroatoms. The first-order valence-electron chi connectivity index (χ1n) is 0.507. The van der Waals surface area contributed by atoms with Crippen molar-refractivity contribution in [1.29, 1.82) is 0 Å². The molecule has 0 fully saturated rings. The van der Waals surface area contributed by atoms with Gasteiger partial charge in [-0.15, -0.1) is 0 Å². The van der Waals surface area contributed by atoms with Crippen molar-refractivity contribution in [3.63, 3.8) is 0 Å². The molecular formula is H3IS3. The molecule has 0 aliphatic rings. The van der Waals surface area contributed by atoms with Crippen LogP contribution in [0.25, 0.3) is 0 Å². The van der Waals surface area contributed by atoms with Gasteiger partial charge in [-0.2, -0.15) is 0 Å². The van der Waals surface area contributed by atoms with Gasteiger partial charge in [-0.1, -0.05) is 0 Å². The van der Waals surface area contributed by atoms with E-state index < -0.39 is 15.7 Å². The van der Waals surface area contributed by atoms with E-state index in [1.54, 1.807) is 0 Å². The molecule has 4 heavy (non-hydrogen) atoms. The normalized spacial score (nSPS) is 11.2. The van der Waals surface area contributed by atoms with E-state index in [2.05, 4.69) is 29.4 Å². The predicted molar refractivity (Wildman–Crippen MR) is 41.0 cm³/mol. The minimum atomic E-state index is -1.18. The van der Waals surface area contributed by atoms with E-state index >= 15 is 0 Å². The molecule has 0 aromatic heterocycles. The first-order valence-corrected chi connectivity index (χ1v) is 10.2. The first-order chi connectivity index (χ1) is 1.73. The quantitative estimate of drug-likeness (QED) is 0.408. The minimum absolute atomic E-state index is 1.18. The van der Waals surface area contributed by atoms with Gasteiger partial charge in [-0.3, -0.25) is 0 Å². The van der Waals surface area contributed by atoms with E-state index in [0.29, 0.717) is 0 Å². The van der Waals surface area contributed by atoms with Crippen molar-refractivity contribution in [1.82, 2.24) is 0 Å². The van der Waals surface area contributed by atoms with Crippen molar-refractivity contribution in [3.8, 4) is 0 Å². The Morgan fingerprint density at radius 1 is 1.00 bits per heavy atom. The Hall–Kier alpha value is 1.78. The van der Waals surface area contributed by atoms with Crippen LogP contribution in [0.2, 0.25) is 0 Å². The fourth-order valence-corrected chi connectivity index (χ4v) is 0. The monoisotopic (exact) mass is 226 g/mol. The molecule has 0 rings (SSSR count). The Morgan fingerprint density at radius 2 is 1.00 bits per heavy atom. The van der Waals surface area contributed by atoms with Crippen LogP contribution in [0.5, 0.6) is 0 Å². The second-order valence-electron chi connectivity index (χ2n) is 0.227. The van der Waals surface area contributed by atoms with Crippen LogP contribution in [0.3, 0.4) is 0 Å². The average Bonchev–Trinajstić information content (AvgIpc) is 0.811. The summed E-state index contributed by atoms with van der Waals surface area (Å²) in [5.74, 6) is 0. The van der Waals surface area contributed by atoms with Gasteiger partial charge in [0, 0.05) is 0 Å². The number of hydrogen-bond acceptors (Lipinski definition) is 3. The summed E-state index contributed by atoms with van der Waals surface area (Å²) in [6.45, 7) is 0. The molecule has 0 aromatic rings. The Bertz CT molecular complexity index is 8.00. The van der Waals surface area contributed by atoms with Crippen molar-refractivity contribution in [2.75, 3.05) is 0 Å². The molecule has 0 aliphatic carbocycles. The Morgan fingerprint density at radius 3 is 1.00 bits per heavy atom. The van der Waals surface area contributed by atoms with Gasteiger partial charge in [0.05, 0.1) is 0 Å².